The Kier molecular flexibility index (Phi) is 5.03. The van der Waals surface area contributed by atoms with Crippen LogP contribution in [-0.2, 0) is 16.0 Å². The van der Waals surface area contributed by atoms with Crippen molar-refractivity contribution in [2.24, 2.45) is 0 Å². The summed E-state index contributed by atoms with van der Waals surface area (Å²) >= 11 is 0. The van der Waals surface area contributed by atoms with Gasteiger partial charge in [0.25, 0.3) is 0 Å². The normalized spacial score (nSPS) is 31.3. The average Bonchev–Trinajstić information content (AvgIpc) is 3.25. The topological polar surface area (TPSA) is 34.2 Å². The first-order valence-corrected chi connectivity index (χ1v) is 9.14. The van der Waals surface area contributed by atoms with Gasteiger partial charge in [0.1, 0.15) is 5.75 Å². The molecule has 1 unspecified atom stereocenters. The van der Waals surface area contributed by atoms with Crippen molar-refractivity contribution in [2.75, 3.05) is 46.5 Å². The molecule has 5 heteroatoms. The van der Waals surface area contributed by atoms with Crippen molar-refractivity contribution >= 4 is 0 Å². The number of morpholine rings is 1. The maximum absolute atomic E-state index is 6.06. The lowest BCUT2D eigenvalue weighted by Crippen LogP contribution is -2.52. The lowest BCUT2D eigenvalue weighted by molar-refractivity contribution is -0.0615. The first-order valence-electron chi connectivity index (χ1n) is 9.14. The van der Waals surface area contributed by atoms with Gasteiger partial charge in [0.15, 0.2) is 0 Å². The summed E-state index contributed by atoms with van der Waals surface area (Å²) in [6.45, 7) is 6.99. The molecule has 5 nitrogen and oxygen atoms in total. The van der Waals surface area contributed by atoms with Crippen molar-refractivity contribution in [1.82, 2.24) is 9.80 Å². The number of hydrogen-bond acceptors (Lipinski definition) is 5. The molecule has 0 amide bonds. The van der Waals surface area contributed by atoms with E-state index in [1.165, 1.54) is 18.4 Å². The smallest absolute Gasteiger partial charge is 0.118 e. The number of ether oxygens (including phenoxy) is 3. The lowest BCUT2D eigenvalue weighted by Gasteiger charge is -2.38. The fourth-order valence-electron chi connectivity index (χ4n) is 4.23. The summed E-state index contributed by atoms with van der Waals surface area (Å²) in [5.74, 6) is 0.917. The second-order valence-corrected chi connectivity index (χ2v) is 7.15. The maximum Gasteiger partial charge on any atom is 0.118 e. The number of rotatable bonds is 5. The molecule has 0 saturated carbocycles. The first kappa shape index (κ1) is 16.3. The minimum Gasteiger partial charge on any atom is -0.497 e. The Morgan fingerprint density at radius 3 is 2.75 bits per heavy atom. The van der Waals surface area contributed by atoms with Gasteiger partial charge < -0.3 is 14.2 Å². The Morgan fingerprint density at radius 1 is 1.12 bits per heavy atom. The van der Waals surface area contributed by atoms with E-state index in [1.807, 2.05) is 12.1 Å². The highest BCUT2D eigenvalue weighted by atomic mass is 16.5. The SMILES string of the molecule is COc1ccc(CN2C[C@@H]3OCCN(CC4CCCO4)[C@@H]3C2)cc1. The van der Waals surface area contributed by atoms with Gasteiger partial charge in [-0.1, -0.05) is 12.1 Å². The van der Waals surface area contributed by atoms with Gasteiger partial charge >= 0.3 is 0 Å². The van der Waals surface area contributed by atoms with Crippen LogP contribution in [0.5, 0.6) is 5.75 Å². The van der Waals surface area contributed by atoms with E-state index >= 15 is 0 Å². The third-order valence-corrected chi connectivity index (χ3v) is 5.52. The second kappa shape index (κ2) is 7.40. The molecule has 4 rings (SSSR count). The fraction of sp³-hybridized carbons (Fsp3) is 0.684. The number of benzene rings is 1. The second-order valence-electron chi connectivity index (χ2n) is 7.15. The van der Waals surface area contributed by atoms with Gasteiger partial charge in [-0.25, -0.2) is 0 Å². The van der Waals surface area contributed by atoms with Crippen molar-refractivity contribution in [3.8, 4) is 5.75 Å². The number of hydrogen-bond donors (Lipinski definition) is 0. The molecule has 24 heavy (non-hydrogen) atoms. The fourth-order valence-corrected chi connectivity index (χ4v) is 4.23. The Bertz CT molecular complexity index is 530. The van der Waals surface area contributed by atoms with Gasteiger partial charge in [-0.05, 0) is 30.5 Å². The van der Waals surface area contributed by atoms with Crippen molar-refractivity contribution < 1.29 is 14.2 Å². The molecule has 0 radical (unpaired) electrons. The molecule has 0 aliphatic carbocycles. The molecule has 1 aromatic carbocycles. The minimum absolute atomic E-state index is 0.346. The van der Waals surface area contributed by atoms with Crippen LogP contribution in [0.2, 0.25) is 0 Å². The van der Waals surface area contributed by atoms with E-state index in [9.17, 15) is 0 Å². The molecule has 3 heterocycles. The first-order chi connectivity index (χ1) is 11.8. The van der Waals surface area contributed by atoms with Crippen LogP contribution < -0.4 is 4.74 Å². The molecule has 3 aliphatic rings. The van der Waals surface area contributed by atoms with E-state index in [1.54, 1.807) is 7.11 Å². The van der Waals surface area contributed by atoms with Crippen LogP contribution in [0.25, 0.3) is 0 Å². The van der Waals surface area contributed by atoms with Crippen LogP contribution in [0.1, 0.15) is 18.4 Å². The third kappa shape index (κ3) is 3.59. The molecule has 3 atom stereocenters. The highest BCUT2D eigenvalue weighted by Crippen LogP contribution is 2.26. The van der Waals surface area contributed by atoms with Gasteiger partial charge in [0, 0.05) is 45.4 Å². The number of methoxy groups -OCH3 is 1. The van der Waals surface area contributed by atoms with Crippen LogP contribution in [0.15, 0.2) is 24.3 Å². The van der Waals surface area contributed by atoms with Gasteiger partial charge in [-0.2, -0.15) is 0 Å². The molecule has 0 spiro atoms. The van der Waals surface area contributed by atoms with Crippen molar-refractivity contribution in [2.45, 2.75) is 37.6 Å². The van der Waals surface area contributed by atoms with Gasteiger partial charge in [0.05, 0.1) is 25.9 Å². The van der Waals surface area contributed by atoms with Crippen LogP contribution in [0.4, 0.5) is 0 Å². The molecule has 3 fully saturated rings. The van der Waals surface area contributed by atoms with E-state index in [0.29, 0.717) is 18.2 Å². The number of nitrogens with zero attached hydrogens (tertiary/aromatic N) is 2. The van der Waals surface area contributed by atoms with Crippen molar-refractivity contribution in [3.63, 3.8) is 0 Å². The van der Waals surface area contributed by atoms with Crippen molar-refractivity contribution in [3.05, 3.63) is 29.8 Å². The zero-order chi connectivity index (χ0) is 16.4. The molecular weight excluding hydrogens is 304 g/mol. The molecule has 3 aliphatic heterocycles. The Balaban J connectivity index is 1.35. The Hall–Kier alpha value is -1.14. The summed E-state index contributed by atoms with van der Waals surface area (Å²) in [6.07, 6.45) is 3.20. The predicted molar refractivity (Wildman–Crippen MR) is 92.3 cm³/mol. The minimum atomic E-state index is 0.346. The number of likely N-dealkylation sites (tertiary alicyclic amines) is 1. The number of fused-ring (bicyclic) bond motifs is 1. The summed E-state index contributed by atoms with van der Waals surface area (Å²) < 4.78 is 17.1. The maximum atomic E-state index is 6.06. The van der Waals surface area contributed by atoms with Crippen LogP contribution >= 0.6 is 0 Å². The van der Waals surface area contributed by atoms with E-state index < -0.39 is 0 Å². The molecule has 3 saturated heterocycles. The molecule has 0 bridgehead atoms. The van der Waals surface area contributed by atoms with E-state index in [0.717, 1.165) is 51.7 Å². The van der Waals surface area contributed by atoms with Crippen LogP contribution in [0, 0.1) is 0 Å². The third-order valence-electron chi connectivity index (χ3n) is 5.52. The van der Waals surface area contributed by atoms with Crippen LogP contribution in [-0.4, -0.2) is 74.6 Å². The van der Waals surface area contributed by atoms with Gasteiger partial charge in [-0.15, -0.1) is 0 Å². The average molecular weight is 332 g/mol. The predicted octanol–water partition coefficient (Wildman–Crippen LogP) is 1.76. The molecule has 0 N–H and O–H groups in total. The van der Waals surface area contributed by atoms with E-state index in [2.05, 4.69) is 21.9 Å². The zero-order valence-corrected chi connectivity index (χ0v) is 14.5. The molecule has 132 valence electrons. The standard InChI is InChI=1S/C19H28N2O3/c1-22-16-6-4-15(5-7-16)11-20-13-18-19(14-20)24-10-8-21(18)12-17-3-2-9-23-17/h4-7,17-19H,2-3,8-14H2,1H3/t17?,18-,19+/m1/s1. The van der Waals surface area contributed by atoms with E-state index in [4.69, 9.17) is 14.2 Å². The van der Waals surface area contributed by atoms with Gasteiger partial charge in [0.2, 0.25) is 0 Å². The Morgan fingerprint density at radius 2 is 2.00 bits per heavy atom. The molecule has 1 aromatic rings. The lowest BCUT2D eigenvalue weighted by atomic mass is 10.1. The summed E-state index contributed by atoms with van der Waals surface area (Å²) in [5, 5.41) is 0. The zero-order valence-electron chi connectivity index (χ0n) is 14.5. The quantitative estimate of drug-likeness (QED) is 0.821. The molecule has 0 aromatic heterocycles. The highest BCUT2D eigenvalue weighted by molar-refractivity contribution is 5.27. The summed E-state index contributed by atoms with van der Waals surface area (Å²) in [6, 6.07) is 8.91. The highest BCUT2D eigenvalue weighted by Gasteiger charge is 2.40. The largest absolute Gasteiger partial charge is 0.497 e. The van der Waals surface area contributed by atoms with Gasteiger partial charge in [-0.3, -0.25) is 9.80 Å². The summed E-state index contributed by atoms with van der Waals surface area (Å²) in [4.78, 5) is 5.13. The summed E-state index contributed by atoms with van der Waals surface area (Å²) in [7, 11) is 1.71. The monoisotopic (exact) mass is 332 g/mol. The van der Waals surface area contributed by atoms with Crippen LogP contribution in [0.3, 0.4) is 0 Å². The summed E-state index contributed by atoms with van der Waals surface area (Å²) in [5.41, 5.74) is 1.33. The van der Waals surface area contributed by atoms with E-state index in [-0.39, 0.29) is 0 Å². The Labute approximate surface area is 144 Å². The molecular formula is C19H28N2O3. The van der Waals surface area contributed by atoms with Crippen molar-refractivity contribution in [1.29, 1.82) is 0 Å².